The van der Waals surface area contributed by atoms with Crippen LogP contribution in [0.4, 0.5) is 0 Å². The number of benzene rings is 1. The molecule has 1 aromatic carbocycles. The first-order chi connectivity index (χ1) is 8.46. The van der Waals surface area contributed by atoms with Gasteiger partial charge in [0.25, 0.3) is 10.0 Å². The van der Waals surface area contributed by atoms with E-state index in [1.165, 1.54) is 29.6 Å². The van der Waals surface area contributed by atoms with Crippen molar-refractivity contribution in [2.24, 2.45) is 4.99 Å². The van der Waals surface area contributed by atoms with Crippen LogP contribution in [0.25, 0.3) is 0 Å². The molecule has 1 heterocycles. The topological polar surface area (TPSA) is 59.0 Å². The first-order valence-electron chi connectivity index (χ1n) is 5.34. The molecule has 0 radical (unpaired) electrons. The second kappa shape index (κ2) is 4.78. The predicted octanol–water partition coefficient (Wildman–Crippen LogP) is 1.77. The molecule has 7 heteroatoms. The second-order valence-corrected chi connectivity index (χ2v) is 6.07. The standard InChI is InChI=1S/C11H13ClN2O3S/c1-8-13-5-6-14(8)18(15,16)9-3-4-10(12)11(7-9)17-2/h3-4,7H,5-6H2,1-2H3. The number of hydrogen-bond donors (Lipinski definition) is 0. The molecule has 0 unspecified atom stereocenters. The first-order valence-corrected chi connectivity index (χ1v) is 7.16. The third kappa shape index (κ3) is 2.18. The SMILES string of the molecule is COc1cc(S(=O)(=O)N2CCN=C2C)ccc1Cl. The molecule has 5 nitrogen and oxygen atoms in total. The lowest BCUT2D eigenvalue weighted by molar-refractivity contribution is 0.413. The number of hydrogen-bond acceptors (Lipinski definition) is 4. The summed E-state index contributed by atoms with van der Waals surface area (Å²) < 4.78 is 31.1. The number of sulfonamides is 1. The van der Waals surface area contributed by atoms with Crippen LogP contribution in [0, 0.1) is 0 Å². The molecule has 18 heavy (non-hydrogen) atoms. The fourth-order valence-corrected chi connectivity index (χ4v) is 3.44. The lowest BCUT2D eigenvalue weighted by Gasteiger charge is -2.18. The fraction of sp³-hybridized carbons (Fsp3) is 0.364. The minimum Gasteiger partial charge on any atom is -0.495 e. The van der Waals surface area contributed by atoms with Crippen LogP contribution in [-0.4, -0.2) is 38.8 Å². The van der Waals surface area contributed by atoms with Gasteiger partial charge in [-0.1, -0.05) is 11.6 Å². The molecule has 0 amide bonds. The summed E-state index contributed by atoms with van der Waals surface area (Å²) >= 11 is 5.88. The molecule has 0 spiro atoms. The summed E-state index contributed by atoms with van der Waals surface area (Å²) in [6, 6.07) is 4.39. The van der Waals surface area contributed by atoms with Gasteiger partial charge < -0.3 is 4.74 Å². The molecule has 1 aliphatic rings. The Labute approximate surface area is 111 Å². The molecule has 2 rings (SSSR count). The number of nitrogens with zero attached hydrogens (tertiary/aromatic N) is 2. The number of rotatable bonds is 3. The van der Waals surface area contributed by atoms with Crippen LogP contribution in [0.2, 0.25) is 5.02 Å². The van der Waals surface area contributed by atoms with E-state index in [-0.39, 0.29) is 4.90 Å². The van der Waals surface area contributed by atoms with E-state index >= 15 is 0 Å². The summed E-state index contributed by atoms with van der Waals surface area (Å²) in [5.41, 5.74) is 0. The Bertz CT molecular complexity index is 598. The highest BCUT2D eigenvalue weighted by Crippen LogP contribution is 2.29. The van der Waals surface area contributed by atoms with Crippen LogP contribution in [-0.2, 0) is 10.0 Å². The number of methoxy groups -OCH3 is 1. The number of ether oxygens (including phenoxy) is 1. The van der Waals surface area contributed by atoms with Gasteiger partial charge in [0.1, 0.15) is 11.6 Å². The van der Waals surface area contributed by atoms with Gasteiger partial charge in [0.05, 0.1) is 30.1 Å². The van der Waals surface area contributed by atoms with Crippen molar-refractivity contribution in [1.82, 2.24) is 4.31 Å². The van der Waals surface area contributed by atoms with Crippen LogP contribution < -0.4 is 4.74 Å². The lowest BCUT2D eigenvalue weighted by Crippen LogP contribution is -2.32. The normalized spacial score (nSPS) is 15.7. The van der Waals surface area contributed by atoms with Gasteiger partial charge in [0.2, 0.25) is 0 Å². The number of halogens is 1. The maximum absolute atomic E-state index is 12.4. The summed E-state index contributed by atoms with van der Waals surface area (Å²) in [4.78, 5) is 4.23. The largest absolute Gasteiger partial charge is 0.495 e. The summed E-state index contributed by atoms with van der Waals surface area (Å²) in [6.07, 6.45) is 0. The average molecular weight is 289 g/mol. The third-order valence-electron chi connectivity index (χ3n) is 2.72. The Hall–Kier alpha value is -1.27. The van der Waals surface area contributed by atoms with E-state index < -0.39 is 10.0 Å². The minimum absolute atomic E-state index is 0.153. The number of amidine groups is 1. The van der Waals surface area contributed by atoms with E-state index in [0.717, 1.165) is 0 Å². The average Bonchev–Trinajstić information content (AvgIpc) is 2.76. The molecule has 0 aliphatic carbocycles. The van der Waals surface area contributed by atoms with E-state index in [1.54, 1.807) is 6.92 Å². The van der Waals surface area contributed by atoms with Gasteiger partial charge in [0, 0.05) is 6.07 Å². The molecule has 0 atom stereocenters. The maximum atomic E-state index is 12.4. The van der Waals surface area contributed by atoms with Gasteiger partial charge in [-0.3, -0.25) is 9.30 Å². The smallest absolute Gasteiger partial charge is 0.265 e. The molecule has 0 N–H and O–H groups in total. The molecule has 1 aromatic rings. The van der Waals surface area contributed by atoms with E-state index in [0.29, 0.717) is 29.7 Å². The van der Waals surface area contributed by atoms with Crippen molar-refractivity contribution in [3.63, 3.8) is 0 Å². The Morgan fingerprint density at radius 1 is 1.44 bits per heavy atom. The van der Waals surface area contributed by atoms with Gasteiger partial charge >= 0.3 is 0 Å². The van der Waals surface area contributed by atoms with Gasteiger partial charge in [-0.15, -0.1) is 0 Å². The highest BCUT2D eigenvalue weighted by Gasteiger charge is 2.28. The third-order valence-corrected chi connectivity index (χ3v) is 4.90. The summed E-state index contributed by atoms with van der Waals surface area (Å²) in [6.45, 7) is 2.55. The molecule has 0 aromatic heterocycles. The van der Waals surface area contributed by atoms with Gasteiger partial charge in [-0.2, -0.15) is 0 Å². The van der Waals surface area contributed by atoms with Crippen molar-refractivity contribution in [2.75, 3.05) is 20.2 Å². The molecule has 0 saturated carbocycles. The zero-order chi connectivity index (χ0) is 13.3. The Morgan fingerprint density at radius 2 is 2.17 bits per heavy atom. The molecular weight excluding hydrogens is 276 g/mol. The molecule has 0 bridgehead atoms. The summed E-state index contributed by atoms with van der Waals surface area (Å²) in [5, 5.41) is 0.378. The van der Waals surface area contributed by atoms with Crippen LogP contribution in [0.15, 0.2) is 28.1 Å². The molecule has 98 valence electrons. The van der Waals surface area contributed by atoms with E-state index in [2.05, 4.69) is 4.99 Å². The minimum atomic E-state index is -3.57. The predicted molar refractivity (Wildman–Crippen MR) is 69.9 cm³/mol. The summed E-state index contributed by atoms with van der Waals surface area (Å²) in [7, 11) is -2.13. The highest BCUT2D eigenvalue weighted by molar-refractivity contribution is 7.89. The molecule has 1 aliphatic heterocycles. The van der Waals surface area contributed by atoms with Gasteiger partial charge in [-0.25, -0.2) is 8.42 Å². The Balaban J connectivity index is 2.45. The van der Waals surface area contributed by atoms with Crippen molar-refractivity contribution >= 4 is 27.5 Å². The van der Waals surface area contributed by atoms with Crippen LogP contribution in [0.3, 0.4) is 0 Å². The van der Waals surface area contributed by atoms with Crippen molar-refractivity contribution in [2.45, 2.75) is 11.8 Å². The van der Waals surface area contributed by atoms with Crippen molar-refractivity contribution in [3.05, 3.63) is 23.2 Å². The zero-order valence-corrected chi connectivity index (χ0v) is 11.6. The van der Waals surface area contributed by atoms with E-state index in [9.17, 15) is 8.42 Å². The monoisotopic (exact) mass is 288 g/mol. The first kappa shape index (κ1) is 13.2. The van der Waals surface area contributed by atoms with Gasteiger partial charge in [0.15, 0.2) is 0 Å². The van der Waals surface area contributed by atoms with Gasteiger partial charge in [-0.05, 0) is 19.1 Å². The molecule has 0 fully saturated rings. The highest BCUT2D eigenvalue weighted by atomic mass is 35.5. The van der Waals surface area contributed by atoms with Crippen LogP contribution in [0.1, 0.15) is 6.92 Å². The summed E-state index contributed by atoms with van der Waals surface area (Å²) in [5.74, 6) is 0.843. The van der Waals surface area contributed by atoms with Crippen molar-refractivity contribution in [1.29, 1.82) is 0 Å². The Kier molecular flexibility index (Phi) is 3.49. The quantitative estimate of drug-likeness (QED) is 0.852. The molecular formula is C11H13ClN2O3S. The van der Waals surface area contributed by atoms with Crippen LogP contribution in [0.5, 0.6) is 5.75 Å². The van der Waals surface area contributed by atoms with Crippen LogP contribution >= 0.6 is 11.6 Å². The maximum Gasteiger partial charge on any atom is 0.265 e. The molecule has 0 saturated heterocycles. The fourth-order valence-electron chi connectivity index (χ4n) is 1.77. The van der Waals surface area contributed by atoms with E-state index in [1.807, 2.05) is 0 Å². The lowest BCUT2D eigenvalue weighted by atomic mass is 10.3. The zero-order valence-electron chi connectivity index (χ0n) is 10.1. The Morgan fingerprint density at radius 3 is 2.72 bits per heavy atom. The van der Waals surface area contributed by atoms with E-state index in [4.69, 9.17) is 16.3 Å². The van der Waals surface area contributed by atoms with Crippen molar-refractivity contribution in [3.8, 4) is 5.75 Å². The number of aliphatic imine (C=N–C) groups is 1. The second-order valence-electron chi connectivity index (χ2n) is 3.80. The van der Waals surface area contributed by atoms with Crippen molar-refractivity contribution < 1.29 is 13.2 Å².